The van der Waals surface area contributed by atoms with E-state index in [4.69, 9.17) is 13.9 Å². The Morgan fingerprint density at radius 2 is 2.05 bits per heavy atom. The molecule has 104 valence electrons. The zero-order valence-corrected chi connectivity index (χ0v) is 12.9. The summed E-state index contributed by atoms with van der Waals surface area (Å²) in [6, 6.07) is 8.30. The van der Waals surface area contributed by atoms with Gasteiger partial charge in [-0.3, -0.25) is 0 Å². The number of hydrogen-bond donors (Lipinski definition) is 0. The zero-order chi connectivity index (χ0) is 14.1. The highest BCUT2D eigenvalue weighted by Crippen LogP contribution is 2.14. The Morgan fingerprint density at radius 3 is 2.63 bits per heavy atom. The highest BCUT2D eigenvalue weighted by atomic mass is 28.2. The molecule has 0 amide bonds. The summed E-state index contributed by atoms with van der Waals surface area (Å²) >= 11 is 0. The first kappa shape index (κ1) is 16.1. The first-order valence-corrected chi connectivity index (χ1v) is 7.31. The van der Waals surface area contributed by atoms with Gasteiger partial charge in [-0.05, 0) is 24.0 Å². The van der Waals surface area contributed by atoms with Crippen LogP contribution in [0.25, 0.3) is 6.08 Å². The average Bonchev–Trinajstić information content (AvgIpc) is 2.48. The van der Waals surface area contributed by atoms with E-state index in [2.05, 4.69) is 18.7 Å². The van der Waals surface area contributed by atoms with Crippen LogP contribution in [0.3, 0.4) is 0 Å². The second-order valence-corrected chi connectivity index (χ2v) is 5.42. The van der Waals surface area contributed by atoms with Gasteiger partial charge in [0, 0.05) is 20.8 Å². The van der Waals surface area contributed by atoms with Crippen molar-refractivity contribution >= 4 is 15.8 Å². The standard InChI is InChI=1S/C15H22O3Si/c1-5-13-8-7-9-14(12-13)10-11-18-19-15(6-2,16-3)17-4/h5,7-9,12H,1,6,10-11H2,2-4H3. The molecular formula is C15H22O3Si. The Hall–Kier alpha value is -0.943. The van der Waals surface area contributed by atoms with Crippen molar-refractivity contribution in [3.8, 4) is 0 Å². The molecule has 0 unspecified atom stereocenters. The van der Waals surface area contributed by atoms with Crippen LogP contribution in [0.1, 0.15) is 24.5 Å². The van der Waals surface area contributed by atoms with Gasteiger partial charge in [-0.2, -0.15) is 0 Å². The van der Waals surface area contributed by atoms with Gasteiger partial charge in [-0.25, -0.2) is 0 Å². The lowest BCUT2D eigenvalue weighted by atomic mass is 10.1. The Labute approximate surface area is 118 Å². The molecule has 1 aromatic rings. The van der Waals surface area contributed by atoms with Gasteiger partial charge in [0.2, 0.25) is 0 Å². The topological polar surface area (TPSA) is 27.7 Å². The summed E-state index contributed by atoms with van der Waals surface area (Å²) in [4.78, 5) is 0. The molecule has 0 aliphatic rings. The highest BCUT2D eigenvalue weighted by Gasteiger charge is 2.29. The average molecular weight is 278 g/mol. The second kappa shape index (κ2) is 8.27. The van der Waals surface area contributed by atoms with E-state index in [1.54, 1.807) is 14.2 Å². The molecule has 2 radical (unpaired) electrons. The minimum Gasteiger partial charge on any atom is -0.412 e. The molecule has 0 aliphatic carbocycles. The summed E-state index contributed by atoms with van der Waals surface area (Å²) in [5, 5.41) is 0. The predicted octanol–water partition coefficient (Wildman–Crippen LogP) is 2.86. The fourth-order valence-corrected chi connectivity index (χ4v) is 2.47. The maximum Gasteiger partial charge on any atom is 0.304 e. The molecule has 0 saturated heterocycles. The number of benzene rings is 1. The molecule has 0 bridgehead atoms. The summed E-state index contributed by atoms with van der Waals surface area (Å²) in [6.07, 6.45) is 3.50. The van der Waals surface area contributed by atoms with Crippen LogP contribution in [0.4, 0.5) is 0 Å². The normalized spacial score (nSPS) is 11.5. The van der Waals surface area contributed by atoms with Crippen molar-refractivity contribution in [1.29, 1.82) is 0 Å². The smallest absolute Gasteiger partial charge is 0.304 e. The Balaban J connectivity index is 2.39. The molecular weight excluding hydrogens is 256 g/mol. The first-order chi connectivity index (χ1) is 9.19. The molecule has 0 fully saturated rings. The van der Waals surface area contributed by atoms with E-state index in [0.29, 0.717) is 6.61 Å². The van der Waals surface area contributed by atoms with E-state index in [1.165, 1.54) is 5.56 Å². The third-order valence-electron chi connectivity index (χ3n) is 3.03. The zero-order valence-electron chi connectivity index (χ0n) is 11.9. The maximum atomic E-state index is 5.70. The lowest BCUT2D eigenvalue weighted by Gasteiger charge is -2.27. The summed E-state index contributed by atoms with van der Waals surface area (Å²) in [5.74, 6) is 0. The maximum absolute atomic E-state index is 5.70. The molecule has 0 aromatic heterocycles. The molecule has 19 heavy (non-hydrogen) atoms. The molecule has 0 heterocycles. The molecule has 0 aliphatic heterocycles. The van der Waals surface area contributed by atoms with E-state index >= 15 is 0 Å². The van der Waals surface area contributed by atoms with Crippen molar-refractivity contribution in [2.24, 2.45) is 0 Å². The van der Waals surface area contributed by atoms with E-state index < -0.39 is 5.41 Å². The highest BCUT2D eigenvalue weighted by molar-refractivity contribution is 6.31. The summed E-state index contributed by atoms with van der Waals surface area (Å²) in [6.45, 7) is 6.46. The molecule has 0 atom stereocenters. The lowest BCUT2D eigenvalue weighted by molar-refractivity contribution is -0.153. The van der Waals surface area contributed by atoms with Crippen LogP contribution in [0.2, 0.25) is 0 Å². The van der Waals surface area contributed by atoms with Crippen LogP contribution in [0, 0.1) is 0 Å². The summed E-state index contributed by atoms with van der Waals surface area (Å²) in [7, 11) is 3.48. The van der Waals surface area contributed by atoms with Gasteiger partial charge in [0.1, 0.15) is 0 Å². The van der Waals surface area contributed by atoms with Crippen molar-refractivity contribution in [1.82, 2.24) is 0 Å². The Bertz CT molecular complexity index is 380. The van der Waals surface area contributed by atoms with Gasteiger partial charge in [0.25, 0.3) is 0 Å². The summed E-state index contributed by atoms with van der Waals surface area (Å²) < 4.78 is 16.5. The number of rotatable bonds is 9. The van der Waals surface area contributed by atoms with Gasteiger partial charge in [-0.15, -0.1) is 0 Å². The predicted molar refractivity (Wildman–Crippen MR) is 79.0 cm³/mol. The van der Waals surface area contributed by atoms with E-state index in [1.807, 2.05) is 25.1 Å². The SMILES string of the molecule is C=Cc1cccc(CCO[Si]C(CC)(OC)OC)c1. The van der Waals surface area contributed by atoms with Gasteiger partial charge in [0.15, 0.2) is 5.41 Å². The van der Waals surface area contributed by atoms with Crippen molar-refractivity contribution in [3.05, 3.63) is 42.0 Å². The third kappa shape index (κ3) is 4.91. The van der Waals surface area contributed by atoms with E-state index in [-0.39, 0.29) is 9.76 Å². The molecule has 0 N–H and O–H groups in total. The van der Waals surface area contributed by atoms with Crippen molar-refractivity contribution < 1.29 is 13.9 Å². The van der Waals surface area contributed by atoms with Crippen molar-refractivity contribution in [2.75, 3.05) is 20.8 Å². The number of hydrogen-bond acceptors (Lipinski definition) is 3. The summed E-state index contributed by atoms with van der Waals surface area (Å²) in [5.41, 5.74) is 1.79. The molecule has 1 rings (SSSR count). The molecule has 3 nitrogen and oxygen atoms in total. The van der Waals surface area contributed by atoms with Crippen LogP contribution >= 0.6 is 0 Å². The Morgan fingerprint density at radius 1 is 1.32 bits per heavy atom. The second-order valence-electron chi connectivity index (χ2n) is 4.16. The minimum atomic E-state index is -0.594. The van der Waals surface area contributed by atoms with Crippen LogP contribution in [0.5, 0.6) is 0 Å². The number of methoxy groups -OCH3 is 2. The number of ether oxygens (including phenoxy) is 2. The van der Waals surface area contributed by atoms with Crippen molar-refractivity contribution in [2.45, 2.75) is 25.2 Å². The van der Waals surface area contributed by atoms with E-state index in [9.17, 15) is 0 Å². The largest absolute Gasteiger partial charge is 0.412 e. The molecule has 1 aromatic carbocycles. The quantitative estimate of drug-likeness (QED) is 0.395. The molecule has 0 spiro atoms. The molecule has 4 heteroatoms. The lowest BCUT2D eigenvalue weighted by Crippen LogP contribution is -2.41. The first-order valence-electron chi connectivity index (χ1n) is 6.40. The Kier molecular flexibility index (Phi) is 7.01. The molecule has 0 saturated carbocycles. The monoisotopic (exact) mass is 278 g/mol. The third-order valence-corrected chi connectivity index (χ3v) is 4.45. The van der Waals surface area contributed by atoms with Gasteiger partial charge in [-0.1, -0.05) is 43.8 Å². The van der Waals surface area contributed by atoms with Gasteiger partial charge in [0.05, 0.1) is 0 Å². The van der Waals surface area contributed by atoms with Crippen LogP contribution < -0.4 is 0 Å². The van der Waals surface area contributed by atoms with Crippen LogP contribution in [-0.4, -0.2) is 36.0 Å². The van der Waals surface area contributed by atoms with Crippen molar-refractivity contribution in [3.63, 3.8) is 0 Å². The van der Waals surface area contributed by atoms with Crippen LogP contribution in [0.15, 0.2) is 30.8 Å². The minimum absolute atomic E-state index is 0.178. The van der Waals surface area contributed by atoms with E-state index in [0.717, 1.165) is 18.4 Å². The van der Waals surface area contributed by atoms with Crippen LogP contribution in [-0.2, 0) is 20.3 Å². The fourth-order valence-electron chi connectivity index (χ4n) is 1.73. The fraction of sp³-hybridized carbons (Fsp3) is 0.467. The van der Waals surface area contributed by atoms with Gasteiger partial charge >= 0.3 is 9.76 Å². The van der Waals surface area contributed by atoms with Gasteiger partial charge < -0.3 is 13.9 Å².